The number of benzene rings is 1. The first kappa shape index (κ1) is 18.9. The van der Waals surface area contributed by atoms with Crippen LogP contribution in [-0.4, -0.2) is 38.8 Å². The average molecular weight is 381 g/mol. The normalized spacial score (nSPS) is 17.9. The third kappa shape index (κ3) is 4.26. The minimum Gasteiger partial charge on any atom is -0.507 e. The number of nitrogens with zero attached hydrogens (tertiary/aromatic N) is 3. The van der Waals surface area contributed by atoms with Crippen LogP contribution in [0, 0.1) is 6.92 Å². The van der Waals surface area contributed by atoms with Crippen molar-refractivity contribution in [2.45, 2.75) is 38.4 Å². The topological polar surface area (TPSA) is 100 Å². The van der Waals surface area contributed by atoms with Crippen molar-refractivity contribution in [2.24, 2.45) is 0 Å². The van der Waals surface area contributed by atoms with E-state index in [1.807, 2.05) is 0 Å². The standard InChI is InChI=1S/C17H18F3N5O2/c1-9-14(11-6-5-10(8-13(11)26)17(18,19)20)24-25-16(22-9)23-12-4-2-3-7-21-15(12)27/h5-6,8,12,26H,2-4,7H2,1H3,(H,21,27)(H,22,23,25)/t12-/m1/s1. The molecule has 0 aliphatic carbocycles. The van der Waals surface area contributed by atoms with Gasteiger partial charge < -0.3 is 15.7 Å². The minimum absolute atomic E-state index is 0.0965. The quantitative estimate of drug-likeness (QED) is 0.756. The van der Waals surface area contributed by atoms with E-state index in [2.05, 4.69) is 25.8 Å². The molecule has 1 fully saturated rings. The summed E-state index contributed by atoms with van der Waals surface area (Å²) in [6.07, 6.45) is -2.15. The van der Waals surface area contributed by atoms with Gasteiger partial charge in [0.1, 0.15) is 17.5 Å². The number of hydrogen-bond acceptors (Lipinski definition) is 6. The maximum atomic E-state index is 12.7. The van der Waals surface area contributed by atoms with Crippen LogP contribution in [0.1, 0.15) is 30.5 Å². The Morgan fingerprint density at radius 2 is 2.04 bits per heavy atom. The number of amides is 1. The van der Waals surface area contributed by atoms with Gasteiger partial charge in [-0.2, -0.15) is 13.2 Å². The molecule has 27 heavy (non-hydrogen) atoms. The molecule has 10 heteroatoms. The Hall–Kier alpha value is -2.91. The largest absolute Gasteiger partial charge is 0.507 e. The Morgan fingerprint density at radius 1 is 1.26 bits per heavy atom. The minimum atomic E-state index is -4.55. The smallest absolute Gasteiger partial charge is 0.416 e. The van der Waals surface area contributed by atoms with Gasteiger partial charge in [-0.05, 0) is 44.4 Å². The van der Waals surface area contributed by atoms with Crippen molar-refractivity contribution in [3.8, 4) is 17.0 Å². The summed E-state index contributed by atoms with van der Waals surface area (Å²) in [6.45, 7) is 2.22. The van der Waals surface area contributed by atoms with Crippen molar-refractivity contribution in [2.75, 3.05) is 11.9 Å². The number of rotatable bonds is 3. The number of carbonyl (C=O) groups is 1. The maximum absolute atomic E-state index is 12.7. The number of phenolic OH excluding ortho intramolecular Hbond substituents is 1. The molecule has 3 N–H and O–H groups in total. The number of aryl methyl sites for hydroxylation is 1. The van der Waals surface area contributed by atoms with E-state index in [1.165, 1.54) is 0 Å². The first-order chi connectivity index (χ1) is 12.8. The fourth-order valence-electron chi connectivity index (χ4n) is 2.85. The number of anilines is 1. The van der Waals surface area contributed by atoms with E-state index in [9.17, 15) is 23.1 Å². The molecule has 0 bridgehead atoms. The van der Waals surface area contributed by atoms with Gasteiger partial charge in [0, 0.05) is 12.1 Å². The molecule has 0 saturated carbocycles. The van der Waals surface area contributed by atoms with Crippen LogP contribution >= 0.6 is 0 Å². The van der Waals surface area contributed by atoms with E-state index in [1.54, 1.807) is 6.92 Å². The molecule has 1 atom stereocenters. The van der Waals surface area contributed by atoms with Gasteiger partial charge in [-0.15, -0.1) is 10.2 Å². The molecular formula is C17H18F3N5O2. The van der Waals surface area contributed by atoms with Gasteiger partial charge in [-0.25, -0.2) is 4.98 Å². The maximum Gasteiger partial charge on any atom is 0.416 e. The second-order valence-electron chi connectivity index (χ2n) is 6.28. The molecule has 3 rings (SSSR count). The second-order valence-corrected chi connectivity index (χ2v) is 6.28. The molecule has 0 unspecified atom stereocenters. The van der Waals surface area contributed by atoms with Crippen LogP contribution in [0.15, 0.2) is 18.2 Å². The fourth-order valence-corrected chi connectivity index (χ4v) is 2.85. The monoisotopic (exact) mass is 381 g/mol. The highest BCUT2D eigenvalue weighted by Crippen LogP contribution is 2.36. The predicted octanol–water partition coefficient (Wildman–Crippen LogP) is 2.65. The van der Waals surface area contributed by atoms with Crippen molar-refractivity contribution < 1.29 is 23.1 Å². The lowest BCUT2D eigenvalue weighted by Crippen LogP contribution is -2.38. The van der Waals surface area contributed by atoms with Crippen LogP contribution in [0.2, 0.25) is 0 Å². The summed E-state index contributed by atoms with van der Waals surface area (Å²) in [7, 11) is 0. The summed E-state index contributed by atoms with van der Waals surface area (Å²) in [5.41, 5.74) is -0.340. The Morgan fingerprint density at radius 3 is 2.70 bits per heavy atom. The zero-order valence-electron chi connectivity index (χ0n) is 14.5. The van der Waals surface area contributed by atoms with Crippen molar-refractivity contribution in [1.82, 2.24) is 20.5 Å². The summed E-state index contributed by atoms with van der Waals surface area (Å²) in [5, 5.41) is 23.5. The van der Waals surface area contributed by atoms with E-state index < -0.39 is 23.5 Å². The number of alkyl halides is 3. The van der Waals surface area contributed by atoms with Crippen LogP contribution in [0.5, 0.6) is 5.75 Å². The molecule has 2 aromatic rings. The summed E-state index contributed by atoms with van der Waals surface area (Å²) < 4.78 is 38.2. The predicted molar refractivity (Wildman–Crippen MR) is 90.9 cm³/mol. The van der Waals surface area contributed by atoms with Gasteiger partial charge in [-0.3, -0.25) is 4.79 Å². The zero-order valence-corrected chi connectivity index (χ0v) is 14.5. The lowest BCUT2D eigenvalue weighted by Gasteiger charge is -2.15. The Balaban J connectivity index is 1.84. The summed E-state index contributed by atoms with van der Waals surface area (Å²) in [6, 6.07) is 2.15. The van der Waals surface area contributed by atoms with Crippen LogP contribution in [0.25, 0.3) is 11.3 Å². The lowest BCUT2D eigenvalue weighted by molar-refractivity contribution is -0.137. The Labute approximate surface area is 153 Å². The van der Waals surface area contributed by atoms with Gasteiger partial charge in [0.15, 0.2) is 0 Å². The van der Waals surface area contributed by atoms with Crippen LogP contribution in [0.4, 0.5) is 19.1 Å². The van der Waals surface area contributed by atoms with E-state index in [-0.39, 0.29) is 23.1 Å². The second kappa shape index (κ2) is 7.37. The summed E-state index contributed by atoms with van der Waals surface area (Å²) in [5.74, 6) is -0.559. The van der Waals surface area contributed by atoms with Crippen molar-refractivity contribution in [3.05, 3.63) is 29.5 Å². The first-order valence-electron chi connectivity index (χ1n) is 8.42. The number of carbonyl (C=O) groups excluding carboxylic acids is 1. The number of halogens is 3. The molecule has 1 aromatic carbocycles. The van der Waals surface area contributed by atoms with Gasteiger partial charge in [0.2, 0.25) is 11.9 Å². The van der Waals surface area contributed by atoms with Crippen molar-refractivity contribution in [3.63, 3.8) is 0 Å². The highest BCUT2D eigenvalue weighted by atomic mass is 19.4. The number of phenols is 1. The lowest BCUT2D eigenvalue weighted by atomic mass is 10.1. The Kier molecular flexibility index (Phi) is 5.15. The highest BCUT2D eigenvalue weighted by molar-refractivity contribution is 5.84. The van der Waals surface area contributed by atoms with Crippen LogP contribution in [-0.2, 0) is 11.0 Å². The van der Waals surface area contributed by atoms with E-state index in [0.29, 0.717) is 24.7 Å². The molecule has 1 aromatic heterocycles. The fraction of sp³-hybridized carbons (Fsp3) is 0.412. The molecule has 7 nitrogen and oxygen atoms in total. The number of hydrogen-bond donors (Lipinski definition) is 3. The zero-order chi connectivity index (χ0) is 19.6. The molecule has 2 heterocycles. The molecule has 144 valence electrons. The summed E-state index contributed by atoms with van der Waals surface area (Å²) >= 11 is 0. The molecule has 0 radical (unpaired) electrons. The Bertz CT molecular complexity index is 857. The molecule has 1 saturated heterocycles. The average Bonchev–Trinajstić information content (AvgIpc) is 2.79. The third-order valence-electron chi connectivity index (χ3n) is 4.28. The SMILES string of the molecule is Cc1nc(N[C@@H]2CCCCNC2=O)nnc1-c1ccc(C(F)(F)F)cc1O. The highest BCUT2D eigenvalue weighted by Gasteiger charge is 2.31. The molecule has 1 amide bonds. The van der Waals surface area contributed by atoms with Gasteiger partial charge >= 0.3 is 6.18 Å². The number of aromatic nitrogens is 3. The van der Waals surface area contributed by atoms with Gasteiger partial charge in [-0.1, -0.05) is 0 Å². The molecular weight excluding hydrogens is 363 g/mol. The van der Waals surface area contributed by atoms with Crippen molar-refractivity contribution >= 4 is 11.9 Å². The third-order valence-corrected chi connectivity index (χ3v) is 4.28. The molecule has 1 aliphatic heterocycles. The summed E-state index contributed by atoms with van der Waals surface area (Å²) in [4.78, 5) is 16.2. The van der Waals surface area contributed by atoms with Gasteiger partial charge in [0.05, 0.1) is 11.3 Å². The van der Waals surface area contributed by atoms with E-state index in [0.717, 1.165) is 25.0 Å². The van der Waals surface area contributed by atoms with Crippen molar-refractivity contribution in [1.29, 1.82) is 0 Å². The van der Waals surface area contributed by atoms with E-state index >= 15 is 0 Å². The van der Waals surface area contributed by atoms with Crippen LogP contribution < -0.4 is 10.6 Å². The molecule has 0 spiro atoms. The van der Waals surface area contributed by atoms with E-state index in [4.69, 9.17) is 0 Å². The number of aromatic hydroxyl groups is 1. The van der Waals surface area contributed by atoms with Gasteiger partial charge in [0.25, 0.3) is 0 Å². The molecule has 1 aliphatic rings. The van der Waals surface area contributed by atoms with Crippen LogP contribution in [0.3, 0.4) is 0 Å². The number of nitrogens with one attached hydrogen (secondary N) is 2. The first-order valence-corrected chi connectivity index (χ1v) is 8.42.